The van der Waals surface area contributed by atoms with Crippen molar-refractivity contribution < 1.29 is 9.18 Å². The summed E-state index contributed by atoms with van der Waals surface area (Å²) >= 11 is 6.68. The Morgan fingerprint density at radius 1 is 1.17 bits per heavy atom. The monoisotopic (exact) mass is 522 g/mol. The number of anilines is 1. The number of aromatic nitrogens is 2. The molecule has 2 aliphatic heterocycles. The molecule has 0 spiro atoms. The lowest BCUT2D eigenvalue weighted by molar-refractivity contribution is -0.122. The van der Waals surface area contributed by atoms with Crippen LogP contribution in [0.3, 0.4) is 0 Å². The van der Waals surface area contributed by atoms with Gasteiger partial charge in [-0.2, -0.15) is 0 Å². The summed E-state index contributed by atoms with van der Waals surface area (Å²) in [5.74, 6) is 0.0260. The van der Waals surface area contributed by atoms with Crippen LogP contribution in [-0.2, 0) is 11.3 Å². The van der Waals surface area contributed by atoms with E-state index in [1.54, 1.807) is 28.8 Å². The fourth-order valence-corrected chi connectivity index (χ4v) is 6.07. The minimum Gasteiger partial charge on any atom is -0.353 e. The van der Waals surface area contributed by atoms with Crippen molar-refractivity contribution in [1.29, 1.82) is 0 Å². The standard InChI is InChI=1S/C27H27FN4O2S2/c1-3-20-6-4-5-13-30(20)24-21(25(33)31-15-17(2)7-12-23(31)29-24)14-22-26(34)32(27(35)36-22)16-18-8-10-19(28)11-9-18/h7-12,14-15,20H,3-6,13,16H2,1-2H3/b22-14+. The summed E-state index contributed by atoms with van der Waals surface area (Å²) in [4.78, 5) is 36.2. The first kappa shape index (κ1) is 24.6. The molecule has 1 amide bonds. The molecule has 0 bridgehead atoms. The average Bonchev–Trinajstić information content (AvgIpc) is 3.14. The molecule has 1 aromatic carbocycles. The van der Waals surface area contributed by atoms with Crippen LogP contribution in [0.5, 0.6) is 0 Å². The third-order valence-corrected chi connectivity index (χ3v) is 8.14. The second-order valence-electron chi connectivity index (χ2n) is 9.23. The number of carbonyl (C=O) groups is 1. The van der Waals surface area contributed by atoms with E-state index in [4.69, 9.17) is 17.2 Å². The van der Waals surface area contributed by atoms with Gasteiger partial charge in [-0.25, -0.2) is 9.37 Å². The number of hydrogen-bond acceptors (Lipinski definition) is 6. The SMILES string of the molecule is CCC1CCCCN1c1nc2ccc(C)cn2c(=O)c1/C=C1/SC(=S)N(Cc2ccc(F)cc2)C1=O. The molecule has 3 aromatic rings. The van der Waals surface area contributed by atoms with Crippen LogP contribution < -0.4 is 10.5 Å². The lowest BCUT2D eigenvalue weighted by Crippen LogP contribution is -2.41. The molecule has 186 valence electrons. The van der Waals surface area contributed by atoms with Gasteiger partial charge in [0.15, 0.2) is 0 Å². The smallest absolute Gasteiger partial charge is 0.267 e. The molecule has 2 saturated heterocycles. The summed E-state index contributed by atoms with van der Waals surface area (Å²) in [5.41, 5.74) is 2.50. The summed E-state index contributed by atoms with van der Waals surface area (Å²) in [6.07, 6.45) is 7.62. The number of thioether (sulfide) groups is 1. The van der Waals surface area contributed by atoms with Crippen LogP contribution in [0.15, 0.2) is 52.3 Å². The second kappa shape index (κ2) is 10.1. The Labute approximate surface area is 218 Å². The molecule has 4 heterocycles. The number of nitrogens with zero attached hydrogens (tertiary/aromatic N) is 4. The van der Waals surface area contributed by atoms with Gasteiger partial charge >= 0.3 is 0 Å². The van der Waals surface area contributed by atoms with Gasteiger partial charge in [0, 0.05) is 18.8 Å². The zero-order valence-corrected chi connectivity index (χ0v) is 21.9. The van der Waals surface area contributed by atoms with E-state index in [-0.39, 0.29) is 23.8 Å². The number of amides is 1. The first-order valence-electron chi connectivity index (χ1n) is 12.1. The number of aryl methyl sites for hydroxylation is 1. The summed E-state index contributed by atoms with van der Waals surface area (Å²) in [5, 5.41) is 0. The van der Waals surface area contributed by atoms with Crippen molar-refractivity contribution in [3.63, 3.8) is 0 Å². The first-order valence-corrected chi connectivity index (χ1v) is 13.4. The Morgan fingerprint density at radius 3 is 2.69 bits per heavy atom. The van der Waals surface area contributed by atoms with E-state index < -0.39 is 0 Å². The molecule has 1 atom stereocenters. The summed E-state index contributed by atoms with van der Waals surface area (Å²) < 4.78 is 15.3. The predicted molar refractivity (Wildman–Crippen MR) is 147 cm³/mol. The van der Waals surface area contributed by atoms with E-state index in [9.17, 15) is 14.0 Å². The highest BCUT2D eigenvalue weighted by Crippen LogP contribution is 2.35. The molecule has 1 unspecified atom stereocenters. The molecule has 6 nitrogen and oxygen atoms in total. The van der Waals surface area contributed by atoms with Gasteiger partial charge in [0.2, 0.25) is 0 Å². The number of benzene rings is 1. The van der Waals surface area contributed by atoms with Gasteiger partial charge in [-0.3, -0.25) is 18.9 Å². The maximum absolute atomic E-state index is 13.8. The van der Waals surface area contributed by atoms with Crippen molar-refractivity contribution in [1.82, 2.24) is 14.3 Å². The molecule has 0 saturated carbocycles. The van der Waals surface area contributed by atoms with Gasteiger partial charge < -0.3 is 4.90 Å². The van der Waals surface area contributed by atoms with Gasteiger partial charge in [-0.1, -0.05) is 49.1 Å². The van der Waals surface area contributed by atoms with E-state index in [1.165, 1.54) is 28.8 Å². The molecule has 2 fully saturated rings. The molecule has 2 aromatic heterocycles. The normalized spacial score (nSPS) is 19.6. The Kier molecular flexibility index (Phi) is 6.94. The molecule has 9 heteroatoms. The van der Waals surface area contributed by atoms with Crippen LogP contribution >= 0.6 is 24.0 Å². The molecule has 0 radical (unpaired) electrons. The maximum atomic E-state index is 13.8. The van der Waals surface area contributed by atoms with Gasteiger partial charge in [-0.05, 0) is 68.0 Å². The third kappa shape index (κ3) is 4.69. The number of fused-ring (bicyclic) bond motifs is 1. The van der Waals surface area contributed by atoms with Gasteiger partial charge in [-0.15, -0.1) is 0 Å². The Balaban J connectivity index is 1.59. The zero-order chi connectivity index (χ0) is 25.4. The van der Waals surface area contributed by atoms with Crippen LogP contribution in [0.4, 0.5) is 10.2 Å². The molecule has 0 aliphatic carbocycles. The fraction of sp³-hybridized carbons (Fsp3) is 0.333. The minimum absolute atomic E-state index is 0.206. The van der Waals surface area contributed by atoms with Gasteiger partial charge in [0.05, 0.1) is 17.0 Å². The zero-order valence-electron chi connectivity index (χ0n) is 20.2. The lowest BCUT2D eigenvalue weighted by atomic mass is 9.99. The number of thiocarbonyl (C=S) groups is 1. The average molecular weight is 523 g/mol. The molecular weight excluding hydrogens is 495 g/mol. The number of pyridine rings is 1. The number of halogens is 1. The van der Waals surface area contributed by atoms with Crippen molar-refractivity contribution in [2.75, 3.05) is 11.4 Å². The Morgan fingerprint density at radius 2 is 1.94 bits per heavy atom. The van der Waals surface area contributed by atoms with Gasteiger partial charge in [0.25, 0.3) is 11.5 Å². The molecule has 0 N–H and O–H groups in total. The van der Waals surface area contributed by atoms with Crippen molar-refractivity contribution in [3.05, 3.63) is 80.4 Å². The van der Waals surface area contributed by atoms with E-state index in [0.717, 1.165) is 43.4 Å². The van der Waals surface area contributed by atoms with E-state index in [0.29, 0.717) is 32.3 Å². The highest BCUT2D eigenvalue weighted by Gasteiger charge is 2.33. The quantitative estimate of drug-likeness (QED) is 0.334. The van der Waals surface area contributed by atoms with E-state index >= 15 is 0 Å². The largest absolute Gasteiger partial charge is 0.353 e. The van der Waals surface area contributed by atoms with Crippen LogP contribution in [-0.4, -0.2) is 37.1 Å². The van der Waals surface area contributed by atoms with Crippen molar-refractivity contribution in [2.45, 2.75) is 52.1 Å². The Hall–Kier alpha value is -3.04. The second-order valence-corrected chi connectivity index (χ2v) is 10.9. The van der Waals surface area contributed by atoms with Crippen LogP contribution in [0.1, 0.15) is 49.3 Å². The van der Waals surface area contributed by atoms with Gasteiger partial charge in [0.1, 0.15) is 21.6 Å². The lowest BCUT2D eigenvalue weighted by Gasteiger charge is -2.37. The predicted octanol–water partition coefficient (Wildman–Crippen LogP) is 5.31. The van der Waals surface area contributed by atoms with Crippen molar-refractivity contribution in [2.24, 2.45) is 0 Å². The number of carbonyl (C=O) groups excluding carboxylic acids is 1. The number of rotatable bonds is 5. The van der Waals surface area contributed by atoms with Crippen LogP contribution in [0.25, 0.3) is 11.7 Å². The van der Waals surface area contributed by atoms with E-state index in [1.807, 2.05) is 19.1 Å². The first-order chi connectivity index (χ1) is 17.4. The Bertz CT molecular complexity index is 1430. The number of piperidine rings is 1. The van der Waals surface area contributed by atoms with E-state index in [2.05, 4.69) is 11.8 Å². The molecule has 2 aliphatic rings. The van der Waals surface area contributed by atoms with Crippen LogP contribution in [0.2, 0.25) is 0 Å². The number of hydrogen-bond donors (Lipinski definition) is 0. The fourth-order valence-electron chi connectivity index (χ4n) is 4.84. The summed E-state index contributed by atoms with van der Waals surface area (Å²) in [7, 11) is 0. The van der Waals surface area contributed by atoms with Crippen molar-refractivity contribution in [3.8, 4) is 0 Å². The highest BCUT2D eigenvalue weighted by molar-refractivity contribution is 8.26. The third-order valence-electron chi connectivity index (χ3n) is 6.76. The molecule has 5 rings (SSSR count). The maximum Gasteiger partial charge on any atom is 0.267 e. The highest BCUT2D eigenvalue weighted by atomic mass is 32.2. The molecular formula is C27H27FN4O2S2. The van der Waals surface area contributed by atoms with Crippen molar-refractivity contribution >= 4 is 51.7 Å². The minimum atomic E-state index is -0.334. The summed E-state index contributed by atoms with van der Waals surface area (Å²) in [6.45, 7) is 5.14. The summed E-state index contributed by atoms with van der Waals surface area (Å²) in [6, 6.07) is 10.1. The van der Waals surface area contributed by atoms with Crippen LogP contribution in [0, 0.1) is 12.7 Å². The molecule has 36 heavy (non-hydrogen) atoms. The topological polar surface area (TPSA) is 57.9 Å².